The van der Waals surface area contributed by atoms with Crippen LogP contribution in [0, 0.1) is 5.82 Å². The summed E-state index contributed by atoms with van der Waals surface area (Å²) < 4.78 is 41.3. The molecule has 1 aromatic rings. The van der Waals surface area contributed by atoms with Gasteiger partial charge in [-0.2, -0.15) is 12.7 Å². The third-order valence-electron chi connectivity index (χ3n) is 2.82. The third-order valence-corrected chi connectivity index (χ3v) is 4.97. The number of rotatable bonds is 3. The van der Waals surface area contributed by atoms with Crippen LogP contribution in [-0.2, 0) is 10.2 Å². The number of nitrogens with zero attached hydrogens (tertiary/aromatic N) is 1. The molecule has 1 fully saturated rings. The van der Waals surface area contributed by atoms with Crippen LogP contribution in [0.15, 0.2) is 22.7 Å². The van der Waals surface area contributed by atoms with Crippen molar-refractivity contribution < 1.29 is 12.8 Å². The third kappa shape index (κ3) is 3.21. The molecule has 0 amide bonds. The summed E-state index contributed by atoms with van der Waals surface area (Å²) in [7, 11) is -3.53. The summed E-state index contributed by atoms with van der Waals surface area (Å²) in [5, 5.41) is 0. The maximum absolute atomic E-state index is 13.1. The van der Waals surface area contributed by atoms with Crippen molar-refractivity contribution in [1.82, 2.24) is 4.31 Å². The molecule has 1 N–H and O–H groups in total. The van der Waals surface area contributed by atoms with E-state index in [1.54, 1.807) is 0 Å². The molecule has 1 aliphatic heterocycles. The monoisotopic (exact) mass is 336 g/mol. The zero-order valence-electron chi connectivity index (χ0n) is 9.70. The van der Waals surface area contributed by atoms with Gasteiger partial charge in [0.2, 0.25) is 0 Å². The van der Waals surface area contributed by atoms with Gasteiger partial charge in [0.05, 0.1) is 10.2 Å². The summed E-state index contributed by atoms with van der Waals surface area (Å²) in [6.07, 6.45) is 2.83. The van der Waals surface area contributed by atoms with Gasteiger partial charge >= 0.3 is 10.2 Å². The summed E-state index contributed by atoms with van der Waals surface area (Å²) in [6, 6.07) is 4.04. The smallest absolute Gasteiger partial charge is 0.271 e. The van der Waals surface area contributed by atoms with Gasteiger partial charge < -0.3 is 0 Å². The lowest BCUT2D eigenvalue weighted by Crippen LogP contribution is -2.39. The molecular weight excluding hydrogens is 323 g/mol. The molecule has 0 saturated carbocycles. The van der Waals surface area contributed by atoms with Crippen LogP contribution in [0.4, 0.5) is 10.1 Å². The van der Waals surface area contributed by atoms with Gasteiger partial charge in [-0.25, -0.2) is 4.39 Å². The van der Waals surface area contributed by atoms with Crippen molar-refractivity contribution in [2.45, 2.75) is 19.3 Å². The lowest BCUT2D eigenvalue weighted by atomic mass is 10.2. The number of hydrogen-bond donors (Lipinski definition) is 1. The van der Waals surface area contributed by atoms with Crippen LogP contribution in [0.3, 0.4) is 0 Å². The number of halogens is 2. The van der Waals surface area contributed by atoms with Crippen molar-refractivity contribution in [3.05, 3.63) is 28.5 Å². The normalized spacial score (nSPS) is 17.7. The van der Waals surface area contributed by atoms with Gasteiger partial charge in [0.25, 0.3) is 0 Å². The molecule has 1 saturated heterocycles. The van der Waals surface area contributed by atoms with Crippen molar-refractivity contribution in [3.63, 3.8) is 0 Å². The Balaban J connectivity index is 2.13. The van der Waals surface area contributed by atoms with E-state index in [1.807, 2.05) is 0 Å². The Bertz CT molecular complexity index is 530. The fraction of sp³-hybridized carbons (Fsp3) is 0.455. The Labute approximate surface area is 114 Å². The van der Waals surface area contributed by atoms with Gasteiger partial charge in [-0.05, 0) is 47.0 Å². The molecule has 1 heterocycles. The molecule has 1 aromatic carbocycles. The Morgan fingerprint density at radius 3 is 2.50 bits per heavy atom. The molecule has 18 heavy (non-hydrogen) atoms. The minimum absolute atomic E-state index is 0.237. The molecule has 0 aromatic heterocycles. The van der Waals surface area contributed by atoms with Crippen LogP contribution in [-0.4, -0.2) is 25.8 Å². The standard InChI is InChI=1S/C11H14BrFN2O2S/c12-10-8-9(4-5-11(10)13)14-18(16,17)15-6-2-1-3-7-15/h4-5,8,14H,1-3,6-7H2. The Kier molecular flexibility index (Phi) is 4.24. The first-order valence-corrected chi connectivity index (χ1v) is 7.95. The summed E-state index contributed by atoms with van der Waals surface area (Å²) in [6.45, 7) is 1.08. The summed E-state index contributed by atoms with van der Waals surface area (Å²) in [4.78, 5) is 0. The van der Waals surface area contributed by atoms with Gasteiger partial charge in [0, 0.05) is 13.1 Å². The van der Waals surface area contributed by atoms with Crippen molar-refractivity contribution in [2.75, 3.05) is 17.8 Å². The minimum atomic E-state index is -3.53. The zero-order valence-corrected chi connectivity index (χ0v) is 12.1. The van der Waals surface area contributed by atoms with E-state index in [2.05, 4.69) is 20.7 Å². The lowest BCUT2D eigenvalue weighted by molar-refractivity contribution is 0.349. The van der Waals surface area contributed by atoms with E-state index in [0.717, 1.165) is 19.3 Å². The minimum Gasteiger partial charge on any atom is -0.271 e. The topological polar surface area (TPSA) is 49.4 Å². The van der Waals surface area contributed by atoms with Crippen LogP contribution >= 0.6 is 15.9 Å². The molecule has 0 aliphatic carbocycles. The summed E-state index contributed by atoms with van der Waals surface area (Å²) >= 11 is 3.03. The average molecular weight is 337 g/mol. The van der Waals surface area contributed by atoms with Crippen LogP contribution in [0.1, 0.15) is 19.3 Å². The van der Waals surface area contributed by atoms with Gasteiger partial charge in [-0.1, -0.05) is 6.42 Å². The molecule has 2 rings (SSSR count). The lowest BCUT2D eigenvalue weighted by Gasteiger charge is -2.26. The predicted molar refractivity (Wildman–Crippen MR) is 72.1 cm³/mol. The van der Waals surface area contributed by atoms with E-state index < -0.39 is 16.0 Å². The molecular formula is C11H14BrFN2O2S. The first kappa shape index (κ1) is 13.8. The van der Waals surface area contributed by atoms with Gasteiger partial charge in [0.15, 0.2) is 0 Å². The second kappa shape index (κ2) is 5.54. The van der Waals surface area contributed by atoms with Gasteiger partial charge in [0.1, 0.15) is 5.82 Å². The molecule has 7 heteroatoms. The molecule has 4 nitrogen and oxygen atoms in total. The largest absolute Gasteiger partial charge is 0.301 e. The van der Waals surface area contributed by atoms with E-state index in [0.29, 0.717) is 18.8 Å². The molecule has 100 valence electrons. The van der Waals surface area contributed by atoms with E-state index >= 15 is 0 Å². The fourth-order valence-electron chi connectivity index (χ4n) is 1.88. The van der Waals surface area contributed by atoms with Gasteiger partial charge in [-0.3, -0.25) is 4.72 Å². The quantitative estimate of drug-likeness (QED) is 0.922. The highest BCUT2D eigenvalue weighted by Gasteiger charge is 2.23. The highest BCUT2D eigenvalue weighted by atomic mass is 79.9. The van der Waals surface area contributed by atoms with Gasteiger partial charge in [-0.15, -0.1) is 0 Å². The maximum atomic E-state index is 13.1. The molecule has 0 bridgehead atoms. The van der Waals surface area contributed by atoms with Crippen molar-refractivity contribution >= 4 is 31.8 Å². The number of hydrogen-bond acceptors (Lipinski definition) is 2. The number of nitrogens with one attached hydrogen (secondary N) is 1. The number of anilines is 1. The Morgan fingerprint density at radius 1 is 1.22 bits per heavy atom. The van der Waals surface area contributed by atoms with Crippen LogP contribution in [0.25, 0.3) is 0 Å². The van der Waals surface area contributed by atoms with Crippen molar-refractivity contribution in [2.24, 2.45) is 0 Å². The van der Waals surface area contributed by atoms with Crippen LogP contribution < -0.4 is 4.72 Å². The van der Waals surface area contributed by atoms with E-state index in [9.17, 15) is 12.8 Å². The predicted octanol–water partition coefficient (Wildman–Crippen LogP) is 2.73. The first-order chi connectivity index (χ1) is 8.49. The van der Waals surface area contributed by atoms with E-state index in [1.165, 1.54) is 22.5 Å². The number of piperidine rings is 1. The van der Waals surface area contributed by atoms with Crippen molar-refractivity contribution in [1.29, 1.82) is 0 Å². The maximum Gasteiger partial charge on any atom is 0.301 e. The molecule has 0 radical (unpaired) electrons. The summed E-state index contributed by atoms with van der Waals surface area (Å²) in [5.74, 6) is -0.420. The fourth-order valence-corrected chi connectivity index (χ4v) is 3.55. The average Bonchev–Trinajstić information content (AvgIpc) is 2.35. The number of benzene rings is 1. The summed E-state index contributed by atoms with van der Waals surface area (Å²) in [5.41, 5.74) is 0.355. The molecule has 0 spiro atoms. The molecule has 0 unspecified atom stereocenters. The van der Waals surface area contributed by atoms with E-state index in [4.69, 9.17) is 0 Å². The highest BCUT2D eigenvalue weighted by Crippen LogP contribution is 2.22. The first-order valence-electron chi connectivity index (χ1n) is 5.72. The Hall–Kier alpha value is -0.660. The highest BCUT2D eigenvalue weighted by molar-refractivity contribution is 9.10. The second-order valence-electron chi connectivity index (χ2n) is 4.20. The van der Waals surface area contributed by atoms with E-state index in [-0.39, 0.29) is 4.47 Å². The zero-order chi connectivity index (χ0) is 13.2. The molecule has 0 atom stereocenters. The second-order valence-corrected chi connectivity index (χ2v) is 6.72. The van der Waals surface area contributed by atoms with Crippen LogP contribution in [0.2, 0.25) is 0 Å². The molecule has 1 aliphatic rings. The van der Waals surface area contributed by atoms with Crippen molar-refractivity contribution in [3.8, 4) is 0 Å². The van der Waals surface area contributed by atoms with Crippen LogP contribution in [0.5, 0.6) is 0 Å². The SMILES string of the molecule is O=S(=O)(Nc1ccc(F)c(Br)c1)N1CCCCC1. The Morgan fingerprint density at radius 2 is 1.89 bits per heavy atom.